The lowest BCUT2D eigenvalue weighted by molar-refractivity contribution is 0.591. The largest absolute Gasteiger partial charge is 0.308 e. The summed E-state index contributed by atoms with van der Waals surface area (Å²) in [6.45, 7) is 14.0. The van der Waals surface area contributed by atoms with Crippen molar-refractivity contribution in [3.63, 3.8) is 0 Å². The van der Waals surface area contributed by atoms with Crippen LogP contribution in [0.3, 0.4) is 0 Å². The van der Waals surface area contributed by atoms with E-state index in [1.54, 1.807) is 0 Å². The Bertz CT molecular complexity index is 3890. The SMILES string of the molecule is CC(C)(C)c1ccc2c(c1)c1c3ccccc3cc3c4c5c6cc(C(C)(C)C)cc7c8cc9ccccc9c(N(c9ccccc9)c9ccccc9)c8n(c5ccc4n2c31)c76. The van der Waals surface area contributed by atoms with E-state index in [2.05, 4.69) is 219 Å². The molecule has 13 aromatic rings. The van der Waals surface area contributed by atoms with Crippen molar-refractivity contribution >= 4 is 115 Å². The van der Waals surface area contributed by atoms with Gasteiger partial charge in [-0.15, -0.1) is 0 Å². The van der Waals surface area contributed by atoms with Gasteiger partial charge in [-0.1, -0.05) is 133 Å². The summed E-state index contributed by atoms with van der Waals surface area (Å²) in [5, 5.41) is 15.6. The molecule has 0 spiro atoms. The Hall–Kier alpha value is -7.10. The van der Waals surface area contributed by atoms with Gasteiger partial charge >= 0.3 is 0 Å². The summed E-state index contributed by atoms with van der Waals surface area (Å²) in [7, 11) is 0. The molecule has 0 amide bonds. The first kappa shape index (κ1) is 34.7. The van der Waals surface area contributed by atoms with E-state index in [9.17, 15) is 0 Å². The van der Waals surface area contributed by atoms with E-state index in [1.807, 2.05) is 0 Å². The Labute approximate surface area is 354 Å². The van der Waals surface area contributed by atoms with Gasteiger partial charge in [0.1, 0.15) is 0 Å². The van der Waals surface area contributed by atoms with Crippen molar-refractivity contribution in [1.82, 2.24) is 8.80 Å². The van der Waals surface area contributed by atoms with Crippen LogP contribution in [0.25, 0.3) is 97.7 Å². The lowest BCUT2D eigenvalue weighted by Crippen LogP contribution is -2.11. The monoisotopic (exact) mass is 783 g/mol. The molecule has 0 radical (unpaired) electrons. The lowest BCUT2D eigenvalue weighted by Gasteiger charge is -2.28. The van der Waals surface area contributed by atoms with E-state index in [0.717, 1.165) is 11.4 Å². The topological polar surface area (TPSA) is 12.1 Å². The highest BCUT2D eigenvalue weighted by molar-refractivity contribution is 6.39. The van der Waals surface area contributed by atoms with Crippen LogP contribution in [-0.4, -0.2) is 8.80 Å². The minimum atomic E-state index is -0.0674. The van der Waals surface area contributed by atoms with Crippen LogP contribution < -0.4 is 4.90 Å². The average Bonchev–Trinajstić information content (AvgIpc) is 3.99. The van der Waals surface area contributed by atoms with Crippen molar-refractivity contribution in [2.45, 2.75) is 52.4 Å². The third-order valence-corrected chi connectivity index (χ3v) is 13.8. The Morgan fingerprint density at radius 1 is 0.344 bits per heavy atom. The molecule has 0 aliphatic heterocycles. The van der Waals surface area contributed by atoms with Crippen molar-refractivity contribution < 1.29 is 0 Å². The van der Waals surface area contributed by atoms with E-state index in [4.69, 9.17) is 0 Å². The zero-order chi connectivity index (χ0) is 41.1. The van der Waals surface area contributed by atoms with Crippen LogP contribution in [0.4, 0.5) is 17.1 Å². The predicted octanol–water partition coefficient (Wildman–Crippen LogP) is 16.4. The molecule has 0 bridgehead atoms. The van der Waals surface area contributed by atoms with Gasteiger partial charge in [-0.3, -0.25) is 0 Å². The van der Waals surface area contributed by atoms with Crippen LogP contribution in [0, 0.1) is 0 Å². The van der Waals surface area contributed by atoms with Crippen LogP contribution in [0.15, 0.2) is 164 Å². The molecule has 13 rings (SSSR count). The zero-order valence-electron chi connectivity index (χ0n) is 35.4. The molecule has 0 aliphatic carbocycles. The van der Waals surface area contributed by atoms with Gasteiger partial charge < -0.3 is 13.7 Å². The molecule has 292 valence electrons. The van der Waals surface area contributed by atoms with Gasteiger partial charge in [-0.25, -0.2) is 0 Å². The first-order chi connectivity index (χ1) is 29.6. The number of para-hydroxylation sites is 2. The van der Waals surface area contributed by atoms with E-state index >= 15 is 0 Å². The number of rotatable bonds is 3. The van der Waals surface area contributed by atoms with Crippen LogP contribution >= 0.6 is 0 Å². The molecule has 3 nitrogen and oxygen atoms in total. The summed E-state index contributed by atoms with van der Waals surface area (Å²) in [6.07, 6.45) is 0. The minimum absolute atomic E-state index is 0.0410. The lowest BCUT2D eigenvalue weighted by atomic mass is 9.85. The quantitative estimate of drug-likeness (QED) is 0.174. The fourth-order valence-corrected chi connectivity index (χ4v) is 10.9. The third-order valence-electron chi connectivity index (χ3n) is 13.8. The molecule has 0 atom stereocenters. The molecule has 61 heavy (non-hydrogen) atoms. The molecule has 9 aromatic carbocycles. The average molecular weight is 784 g/mol. The Balaban J connectivity index is 1.28. The molecular weight excluding hydrogens is 739 g/mol. The number of hydrogen-bond donors (Lipinski definition) is 0. The molecule has 0 saturated carbocycles. The summed E-state index contributed by atoms with van der Waals surface area (Å²) in [5.41, 5.74) is 13.7. The van der Waals surface area contributed by atoms with Gasteiger partial charge in [0.05, 0.1) is 38.8 Å². The molecule has 3 heteroatoms. The van der Waals surface area contributed by atoms with Crippen molar-refractivity contribution in [1.29, 1.82) is 0 Å². The second-order valence-corrected chi connectivity index (χ2v) is 19.4. The summed E-state index contributed by atoms with van der Waals surface area (Å²) in [4.78, 5) is 2.49. The van der Waals surface area contributed by atoms with Crippen molar-refractivity contribution in [3.05, 3.63) is 175 Å². The fraction of sp³-hybridized carbons (Fsp3) is 0.138. The number of hydrogen-bond acceptors (Lipinski definition) is 1. The van der Waals surface area contributed by atoms with E-state index < -0.39 is 0 Å². The molecular formula is C58H45N3. The standard InChI is InChI=1S/C58H45N3/c1-57(2,3)36-25-26-47-44(31-36)50-40-23-15-13-17-34(40)30-45-51-48(60(47)54(45)50)27-28-49-52(51)46-33-37(58(4,5)6)32-43-42-29-35-18-14-16-24-41(35)55(56(42)61(49)53(43)46)59(38-19-9-7-10-20-38)39-21-11-8-12-22-39/h7-33H,1-6H3. The smallest absolute Gasteiger partial charge is 0.0789 e. The maximum absolute atomic E-state index is 2.63. The zero-order valence-corrected chi connectivity index (χ0v) is 35.4. The number of fused-ring (bicyclic) bond motifs is 16. The van der Waals surface area contributed by atoms with Gasteiger partial charge in [0.25, 0.3) is 0 Å². The molecule has 4 heterocycles. The highest BCUT2D eigenvalue weighted by Gasteiger charge is 2.30. The number of anilines is 3. The van der Waals surface area contributed by atoms with Crippen LogP contribution in [-0.2, 0) is 10.8 Å². The summed E-state index contributed by atoms with van der Waals surface area (Å²) >= 11 is 0. The number of aromatic nitrogens is 2. The Morgan fingerprint density at radius 2 is 0.836 bits per heavy atom. The third kappa shape index (κ3) is 4.58. The first-order valence-corrected chi connectivity index (χ1v) is 21.7. The fourth-order valence-electron chi connectivity index (χ4n) is 10.9. The van der Waals surface area contributed by atoms with Crippen LogP contribution in [0.2, 0.25) is 0 Å². The Kier molecular flexibility index (Phi) is 6.72. The highest BCUT2D eigenvalue weighted by Crippen LogP contribution is 2.53. The van der Waals surface area contributed by atoms with E-state index in [0.29, 0.717) is 0 Å². The molecule has 0 aliphatic rings. The van der Waals surface area contributed by atoms with Crippen molar-refractivity contribution in [2.24, 2.45) is 0 Å². The number of benzene rings is 9. The van der Waals surface area contributed by atoms with Gasteiger partial charge in [0.2, 0.25) is 0 Å². The first-order valence-electron chi connectivity index (χ1n) is 21.7. The molecule has 0 unspecified atom stereocenters. The maximum Gasteiger partial charge on any atom is 0.0789 e. The predicted molar refractivity (Wildman–Crippen MR) is 263 cm³/mol. The maximum atomic E-state index is 2.63. The minimum Gasteiger partial charge on any atom is -0.308 e. The highest BCUT2D eigenvalue weighted by atomic mass is 15.2. The second kappa shape index (κ2) is 11.8. The van der Waals surface area contributed by atoms with Gasteiger partial charge in [0.15, 0.2) is 0 Å². The van der Waals surface area contributed by atoms with E-state index in [-0.39, 0.29) is 10.8 Å². The molecule has 0 N–H and O–H groups in total. The van der Waals surface area contributed by atoms with Crippen LogP contribution in [0.1, 0.15) is 52.7 Å². The second-order valence-electron chi connectivity index (χ2n) is 19.4. The summed E-state index contributed by atoms with van der Waals surface area (Å²) < 4.78 is 5.21. The van der Waals surface area contributed by atoms with E-state index in [1.165, 1.54) is 115 Å². The molecule has 0 saturated heterocycles. The van der Waals surface area contributed by atoms with Gasteiger partial charge in [-0.05, 0) is 111 Å². The summed E-state index contributed by atoms with van der Waals surface area (Å²) in [5.74, 6) is 0. The van der Waals surface area contributed by atoms with Crippen molar-refractivity contribution in [2.75, 3.05) is 4.90 Å². The van der Waals surface area contributed by atoms with Crippen molar-refractivity contribution in [3.8, 4) is 0 Å². The normalized spacial score (nSPS) is 13.1. The molecule has 0 fully saturated rings. The molecule has 4 aromatic heterocycles. The van der Waals surface area contributed by atoms with Gasteiger partial charge in [0, 0.05) is 59.9 Å². The van der Waals surface area contributed by atoms with Crippen LogP contribution in [0.5, 0.6) is 0 Å². The Morgan fingerprint density at radius 3 is 1.49 bits per heavy atom. The summed E-state index contributed by atoms with van der Waals surface area (Å²) in [6, 6.07) is 61.8. The number of nitrogens with zero attached hydrogens (tertiary/aromatic N) is 3. The van der Waals surface area contributed by atoms with Gasteiger partial charge in [-0.2, -0.15) is 0 Å².